The summed E-state index contributed by atoms with van der Waals surface area (Å²) < 4.78 is 7.49. The summed E-state index contributed by atoms with van der Waals surface area (Å²) in [6, 6.07) is 7.61. The number of amides is 1. The van der Waals surface area contributed by atoms with Crippen LogP contribution in [0.5, 0.6) is 5.75 Å². The molecule has 0 saturated heterocycles. The number of hydrogen-bond donors (Lipinski definition) is 1. The number of benzene rings is 1. The number of nitrogens with zero attached hydrogens (tertiary/aromatic N) is 3. The Bertz CT molecular complexity index is 696. The quantitative estimate of drug-likeness (QED) is 0.716. The Kier molecular flexibility index (Phi) is 6.87. The van der Waals surface area contributed by atoms with Gasteiger partial charge < -0.3 is 14.6 Å². The van der Waals surface area contributed by atoms with Crippen molar-refractivity contribution in [1.29, 1.82) is 0 Å². The van der Waals surface area contributed by atoms with Crippen molar-refractivity contribution < 1.29 is 9.53 Å². The highest BCUT2D eigenvalue weighted by atomic mass is 32.2. The molecular weight excluding hydrogens is 336 g/mol. The van der Waals surface area contributed by atoms with Crippen LogP contribution in [0.3, 0.4) is 0 Å². The Balaban J connectivity index is 1.96. The molecule has 1 aromatic carbocycles. The van der Waals surface area contributed by atoms with Crippen LogP contribution in [0.2, 0.25) is 0 Å². The van der Waals surface area contributed by atoms with Crippen LogP contribution in [0.15, 0.2) is 29.4 Å². The van der Waals surface area contributed by atoms with Crippen LogP contribution in [0.25, 0.3) is 0 Å². The van der Waals surface area contributed by atoms with E-state index in [1.807, 2.05) is 31.2 Å². The number of carbonyl (C=O) groups is 1. The molecule has 0 atom stereocenters. The van der Waals surface area contributed by atoms with Gasteiger partial charge in [0.25, 0.3) is 0 Å². The van der Waals surface area contributed by atoms with E-state index in [0.717, 1.165) is 22.4 Å². The highest BCUT2D eigenvalue weighted by Crippen LogP contribution is 2.25. The lowest BCUT2D eigenvalue weighted by atomic mass is 10.2. The van der Waals surface area contributed by atoms with Gasteiger partial charge in [-0.3, -0.25) is 4.79 Å². The molecule has 0 aliphatic rings. The fraction of sp³-hybridized carbons (Fsp3) is 0.500. The lowest BCUT2D eigenvalue weighted by Crippen LogP contribution is -2.15. The third-order valence-corrected chi connectivity index (χ3v) is 4.45. The summed E-state index contributed by atoms with van der Waals surface area (Å²) in [5.41, 5.74) is 0.752. The van der Waals surface area contributed by atoms with Crippen LogP contribution in [-0.2, 0) is 4.79 Å². The standard InChI is InChI=1S/C18H26N4O2S/c1-6-24-15-9-7-14(8-10-15)19-16(23)11-25-18-21-20-17(12(2)3)22(18)13(4)5/h7-10,12-13H,6,11H2,1-5H3,(H,19,23). The van der Waals surface area contributed by atoms with Gasteiger partial charge in [0.15, 0.2) is 5.16 Å². The van der Waals surface area contributed by atoms with Crippen molar-refractivity contribution in [2.24, 2.45) is 0 Å². The Labute approximate surface area is 153 Å². The number of aromatic nitrogens is 3. The van der Waals surface area contributed by atoms with Crippen LogP contribution in [0.1, 0.15) is 52.4 Å². The molecule has 0 aliphatic heterocycles. The second-order valence-electron chi connectivity index (χ2n) is 6.25. The van der Waals surface area contributed by atoms with Crippen LogP contribution < -0.4 is 10.1 Å². The minimum absolute atomic E-state index is 0.0708. The molecule has 1 N–H and O–H groups in total. The van der Waals surface area contributed by atoms with Gasteiger partial charge in [-0.05, 0) is 45.0 Å². The first-order valence-corrected chi connectivity index (χ1v) is 9.51. The molecule has 0 spiro atoms. The van der Waals surface area contributed by atoms with E-state index in [4.69, 9.17) is 4.74 Å². The van der Waals surface area contributed by atoms with Crippen molar-refractivity contribution >= 4 is 23.4 Å². The molecule has 6 nitrogen and oxygen atoms in total. The Morgan fingerprint density at radius 2 is 1.88 bits per heavy atom. The molecule has 0 radical (unpaired) electrons. The summed E-state index contributed by atoms with van der Waals surface area (Å²) in [6.45, 7) is 10.9. The summed E-state index contributed by atoms with van der Waals surface area (Å²) in [5.74, 6) is 2.25. The SMILES string of the molecule is CCOc1ccc(NC(=O)CSc2nnc(C(C)C)n2C(C)C)cc1. The zero-order valence-electron chi connectivity index (χ0n) is 15.4. The number of carbonyl (C=O) groups excluding carboxylic acids is 1. The van der Waals surface area contributed by atoms with Crippen molar-refractivity contribution in [3.05, 3.63) is 30.1 Å². The molecule has 1 amide bonds. The van der Waals surface area contributed by atoms with Crippen molar-refractivity contribution in [2.75, 3.05) is 17.7 Å². The average Bonchev–Trinajstić information content (AvgIpc) is 2.99. The average molecular weight is 362 g/mol. The van der Waals surface area contributed by atoms with E-state index in [0.29, 0.717) is 12.5 Å². The number of nitrogens with one attached hydrogen (secondary N) is 1. The molecule has 2 aromatic rings. The van der Waals surface area contributed by atoms with Gasteiger partial charge in [0.2, 0.25) is 5.91 Å². The fourth-order valence-electron chi connectivity index (χ4n) is 2.39. The molecule has 0 bridgehead atoms. The molecule has 0 fully saturated rings. The maximum atomic E-state index is 12.2. The maximum absolute atomic E-state index is 12.2. The number of hydrogen-bond acceptors (Lipinski definition) is 5. The normalized spacial score (nSPS) is 11.2. The molecule has 1 heterocycles. The molecule has 136 valence electrons. The maximum Gasteiger partial charge on any atom is 0.234 e. The third-order valence-electron chi connectivity index (χ3n) is 3.51. The van der Waals surface area contributed by atoms with Gasteiger partial charge >= 0.3 is 0 Å². The summed E-state index contributed by atoms with van der Waals surface area (Å²) in [4.78, 5) is 12.2. The van der Waals surface area contributed by atoms with Crippen molar-refractivity contribution in [2.45, 2.75) is 51.7 Å². The second kappa shape index (κ2) is 8.89. The van der Waals surface area contributed by atoms with Crippen molar-refractivity contribution in [3.63, 3.8) is 0 Å². The lowest BCUT2D eigenvalue weighted by molar-refractivity contribution is -0.113. The van der Waals surface area contributed by atoms with Crippen molar-refractivity contribution in [3.8, 4) is 5.75 Å². The fourth-order valence-corrected chi connectivity index (χ4v) is 3.27. The molecule has 2 rings (SSSR count). The lowest BCUT2D eigenvalue weighted by Gasteiger charge is -2.15. The van der Waals surface area contributed by atoms with Crippen LogP contribution in [-0.4, -0.2) is 33.0 Å². The van der Waals surface area contributed by atoms with E-state index in [-0.39, 0.29) is 17.7 Å². The number of anilines is 1. The molecule has 0 saturated carbocycles. The van der Waals surface area contributed by atoms with E-state index >= 15 is 0 Å². The van der Waals surface area contributed by atoms with Gasteiger partial charge in [-0.1, -0.05) is 25.6 Å². The third kappa shape index (κ3) is 5.22. The van der Waals surface area contributed by atoms with E-state index in [1.54, 1.807) is 0 Å². The predicted octanol–water partition coefficient (Wildman–Crippen LogP) is 4.11. The molecule has 0 unspecified atom stereocenters. The molecular formula is C18H26N4O2S. The molecule has 1 aromatic heterocycles. The first-order chi connectivity index (χ1) is 11.9. The van der Waals surface area contributed by atoms with E-state index < -0.39 is 0 Å². The Morgan fingerprint density at radius 3 is 2.44 bits per heavy atom. The summed E-state index contributed by atoms with van der Waals surface area (Å²) in [6.07, 6.45) is 0. The molecule has 7 heteroatoms. The highest BCUT2D eigenvalue weighted by molar-refractivity contribution is 7.99. The predicted molar refractivity (Wildman–Crippen MR) is 101 cm³/mol. The van der Waals surface area contributed by atoms with Crippen molar-refractivity contribution in [1.82, 2.24) is 14.8 Å². The largest absolute Gasteiger partial charge is 0.494 e. The van der Waals surface area contributed by atoms with E-state index in [1.165, 1.54) is 11.8 Å². The zero-order chi connectivity index (χ0) is 18.4. The van der Waals surface area contributed by atoms with E-state index in [2.05, 4.69) is 47.8 Å². The van der Waals surface area contributed by atoms with Crippen LogP contribution in [0, 0.1) is 0 Å². The topological polar surface area (TPSA) is 69.0 Å². The van der Waals surface area contributed by atoms with Gasteiger partial charge in [-0.15, -0.1) is 10.2 Å². The molecule has 25 heavy (non-hydrogen) atoms. The van der Waals surface area contributed by atoms with Gasteiger partial charge in [0, 0.05) is 17.6 Å². The van der Waals surface area contributed by atoms with Gasteiger partial charge in [0.1, 0.15) is 11.6 Å². The summed E-state index contributed by atoms with van der Waals surface area (Å²) in [7, 11) is 0. The number of rotatable bonds is 8. The van der Waals surface area contributed by atoms with Gasteiger partial charge in [-0.2, -0.15) is 0 Å². The number of thioether (sulfide) groups is 1. The minimum atomic E-state index is -0.0708. The van der Waals surface area contributed by atoms with Crippen LogP contribution >= 0.6 is 11.8 Å². The van der Waals surface area contributed by atoms with Gasteiger partial charge in [-0.25, -0.2) is 0 Å². The number of ether oxygens (including phenoxy) is 1. The first-order valence-electron chi connectivity index (χ1n) is 8.52. The summed E-state index contributed by atoms with van der Waals surface area (Å²) in [5, 5.41) is 12.2. The Morgan fingerprint density at radius 1 is 1.20 bits per heavy atom. The second-order valence-corrected chi connectivity index (χ2v) is 7.20. The van der Waals surface area contributed by atoms with Gasteiger partial charge in [0.05, 0.1) is 12.4 Å². The van der Waals surface area contributed by atoms with E-state index in [9.17, 15) is 4.79 Å². The first kappa shape index (κ1) is 19.3. The summed E-state index contributed by atoms with van der Waals surface area (Å²) >= 11 is 1.40. The van der Waals surface area contributed by atoms with Crippen LogP contribution in [0.4, 0.5) is 5.69 Å². The smallest absolute Gasteiger partial charge is 0.234 e. The monoisotopic (exact) mass is 362 g/mol. The Hall–Kier alpha value is -2.02. The zero-order valence-corrected chi connectivity index (χ0v) is 16.3. The minimum Gasteiger partial charge on any atom is -0.494 e. The molecule has 0 aliphatic carbocycles. The highest BCUT2D eigenvalue weighted by Gasteiger charge is 2.18.